The van der Waals surface area contributed by atoms with E-state index in [1.165, 1.54) is 6.42 Å². The van der Waals surface area contributed by atoms with Gasteiger partial charge in [0.2, 0.25) is 5.88 Å². The Morgan fingerprint density at radius 1 is 1.29 bits per heavy atom. The van der Waals surface area contributed by atoms with Gasteiger partial charge in [0.05, 0.1) is 11.9 Å². The summed E-state index contributed by atoms with van der Waals surface area (Å²) in [6.07, 6.45) is 5.51. The van der Waals surface area contributed by atoms with Gasteiger partial charge in [0.15, 0.2) is 0 Å². The summed E-state index contributed by atoms with van der Waals surface area (Å²) in [7, 11) is 0. The van der Waals surface area contributed by atoms with Gasteiger partial charge >= 0.3 is 0 Å². The maximum atomic E-state index is 5.94. The number of hydrogen-bond donors (Lipinski definition) is 1. The van der Waals surface area contributed by atoms with Gasteiger partial charge in [-0.25, -0.2) is 4.98 Å². The molecule has 0 radical (unpaired) electrons. The lowest BCUT2D eigenvalue weighted by molar-refractivity contribution is 0.0964. The van der Waals surface area contributed by atoms with Crippen LogP contribution >= 0.6 is 0 Å². The molecule has 3 unspecified atom stereocenters. The van der Waals surface area contributed by atoms with Gasteiger partial charge < -0.3 is 10.5 Å². The summed E-state index contributed by atoms with van der Waals surface area (Å²) in [5.74, 6) is 2.27. The average molecular weight is 234 g/mol. The molecule has 17 heavy (non-hydrogen) atoms. The van der Waals surface area contributed by atoms with Crippen LogP contribution in [0.5, 0.6) is 5.88 Å². The Labute approximate surface area is 103 Å². The van der Waals surface area contributed by atoms with Crippen molar-refractivity contribution in [2.75, 3.05) is 5.73 Å². The Kier molecular flexibility index (Phi) is 3.55. The van der Waals surface area contributed by atoms with E-state index in [0.717, 1.165) is 35.9 Å². The summed E-state index contributed by atoms with van der Waals surface area (Å²) < 4.78 is 5.94. The lowest BCUT2D eigenvalue weighted by atomic mass is 9.80. The van der Waals surface area contributed by atoms with Crippen LogP contribution < -0.4 is 10.5 Å². The van der Waals surface area contributed by atoms with E-state index >= 15 is 0 Å². The quantitative estimate of drug-likeness (QED) is 0.855. The second-order valence-corrected chi connectivity index (χ2v) is 5.39. The van der Waals surface area contributed by atoms with Crippen molar-refractivity contribution < 1.29 is 4.74 Å². The molecule has 1 saturated carbocycles. The molecule has 2 rings (SSSR count). The Morgan fingerprint density at radius 2 is 2.06 bits per heavy atom. The van der Waals surface area contributed by atoms with Crippen molar-refractivity contribution in [3.8, 4) is 5.88 Å². The van der Waals surface area contributed by atoms with Gasteiger partial charge in [-0.2, -0.15) is 0 Å². The molecule has 3 nitrogen and oxygen atoms in total. The number of ether oxygens (including phenoxy) is 1. The highest BCUT2D eigenvalue weighted by Crippen LogP contribution is 2.31. The second kappa shape index (κ2) is 4.94. The molecule has 0 aliphatic heterocycles. The van der Waals surface area contributed by atoms with Crippen LogP contribution in [0.15, 0.2) is 12.3 Å². The third-order valence-corrected chi connectivity index (χ3v) is 3.96. The van der Waals surface area contributed by atoms with Crippen molar-refractivity contribution in [3.63, 3.8) is 0 Å². The van der Waals surface area contributed by atoms with Gasteiger partial charge in [0.25, 0.3) is 0 Å². The van der Waals surface area contributed by atoms with Crippen LogP contribution in [-0.2, 0) is 0 Å². The maximum Gasteiger partial charge on any atom is 0.213 e. The van der Waals surface area contributed by atoms with Crippen molar-refractivity contribution in [3.05, 3.63) is 17.8 Å². The van der Waals surface area contributed by atoms with Crippen LogP contribution in [-0.4, -0.2) is 11.1 Å². The predicted molar refractivity (Wildman–Crippen MR) is 70.0 cm³/mol. The number of nitrogens with two attached hydrogens (primary N) is 1. The molecule has 3 heteroatoms. The average Bonchev–Trinajstić information content (AvgIpc) is 2.29. The number of pyridine rings is 1. The van der Waals surface area contributed by atoms with Crippen molar-refractivity contribution >= 4 is 5.69 Å². The predicted octanol–water partition coefficient (Wildman–Crippen LogP) is 3.18. The van der Waals surface area contributed by atoms with E-state index in [-0.39, 0.29) is 0 Å². The zero-order valence-electron chi connectivity index (χ0n) is 10.9. The molecule has 1 aliphatic rings. The Hall–Kier alpha value is -1.25. The molecule has 1 heterocycles. The fraction of sp³-hybridized carbons (Fsp3) is 0.643. The molecule has 94 valence electrons. The van der Waals surface area contributed by atoms with E-state index in [4.69, 9.17) is 10.5 Å². The topological polar surface area (TPSA) is 48.1 Å². The zero-order valence-corrected chi connectivity index (χ0v) is 10.9. The Morgan fingerprint density at radius 3 is 2.71 bits per heavy atom. The fourth-order valence-electron chi connectivity index (χ4n) is 2.38. The van der Waals surface area contributed by atoms with E-state index < -0.39 is 0 Å². The molecule has 1 aliphatic carbocycles. The molecule has 0 aromatic carbocycles. The van der Waals surface area contributed by atoms with Crippen LogP contribution in [0.3, 0.4) is 0 Å². The van der Waals surface area contributed by atoms with Crippen LogP contribution in [0.1, 0.15) is 38.7 Å². The van der Waals surface area contributed by atoms with Crippen LogP contribution in [0.2, 0.25) is 0 Å². The standard InChI is InChI=1S/C14H22N2O/c1-9-4-5-12(6-10(9)2)17-14-7-11(3)13(15)8-16-14/h7-10,12H,4-6,15H2,1-3H3. The number of anilines is 1. The van der Waals surface area contributed by atoms with Crippen LogP contribution in [0, 0.1) is 18.8 Å². The lowest BCUT2D eigenvalue weighted by Crippen LogP contribution is -2.29. The van der Waals surface area contributed by atoms with Gasteiger partial charge in [-0.1, -0.05) is 13.8 Å². The number of aromatic nitrogens is 1. The highest BCUT2D eigenvalue weighted by atomic mass is 16.5. The minimum Gasteiger partial charge on any atom is -0.474 e. The zero-order chi connectivity index (χ0) is 12.4. The maximum absolute atomic E-state index is 5.94. The normalized spacial score (nSPS) is 29.0. The van der Waals surface area contributed by atoms with Gasteiger partial charge in [-0.05, 0) is 43.6 Å². The molecular formula is C14H22N2O. The molecule has 1 fully saturated rings. The highest BCUT2D eigenvalue weighted by Gasteiger charge is 2.25. The summed E-state index contributed by atoms with van der Waals surface area (Å²) in [4.78, 5) is 4.23. The fourth-order valence-corrected chi connectivity index (χ4v) is 2.38. The van der Waals surface area contributed by atoms with E-state index in [0.29, 0.717) is 12.0 Å². The van der Waals surface area contributed by atoms with Crippen LogP contribution in [0.4, 0.5) is 5.69 Å². The van der Waals surface area contributed by atoms with Gasteiger partial charge in [-0.15, -0.1) is 0 Å². The molecule has 0 bridgehead atoms. The van der Waals surface area contributed by atoms with Crippen molar-refractivity contribution in [2.45, 2.75) is 46.1 Å². The summed E-state index contributed by atoms with van der Waals surface area (Å²) >= 11 is 0. The molecule has 0 spiro atoms. The summed E-state index contributed by atoms with van der Waals surface area (Å²) in [6, 6.07) is 1.93. The Balaban J connectivity index is 1.99. The summed E-state index contributed by atoms with van der Waals surface area (Å²) in [6.45, 7) is 6.61. The SMILES string of the molecule is Cc1cc(OC2CCC(C)C(C)C2)ncc1N. The molecule has 1 aromatic heterocycles. The molecule has 1 aromatic rings. The molecule has 2 N–H and O–H groups in total. The number of rotatable bonds is 2. The van der Waals surface area contributed by atoms with Crippen molar-refractivity contribution in [1.82, 2.24) is 4.98 Å². The summed E-state index contributed by atoms with van der Waals surface area (Å²) in [5, 5.41) is 0. The van der Waals surface area contributed by atoms with Gasteiger partial charge in [0, 0.05) is 6.07 Å². The van der Waals surface area contributed by atoms with Crippen molar-refractivity contribution in [2.24, 2.45) is 11.8 Å². The molecule has 0 saturated heterocycles. The number of aryl methyl sites for hydroxylation is 1. The minimum absolute atomic E-state index is 0.316. The monoisotopic (exact) mass is 234 g/mol. The van der Waals surface area contributed by atoms with E-state index in [1.54, 1.807) is 6.20 Å². The first-order valence-electron chi connectivity index (χ1n) is 6.45. The Bertz CT molecular complexity index is 392. The van der Waals surface area contributed by atoms with Gasteiger partial charge in [-0.3, -0.25) is 0 Å². The first kappa shape index (κ1) is 12.2. The highest BCUT2D eigenvalue weighted by molar-refractivity contribution is 5.45. The van der Waals surface area contributed by atoms with Crippen LogP contribution in [0.25, 0.3) is 0 Å². The van der Waals surface area contributed by atoms with Crippen molar-refractivity contribution in [1.29, 1.82) is 0 Å². The number of nitrogen functional groups attached to an aromatic ring is 1. The second-order valence-electron chi connectivity index (χ2n) is 5.39. The summed E-state index contributed by atoms with van der Waals surface area (Å²) in [5.41, 5.74) is 7.50. The first-order chi connectivity index (χ1) is 8.06. The molecule has 3 atom stereocenters. The minimum atomic E-state index is 0.316. The molecule has 0 amide bonds. The largest absolute Gasteiger partial charge is 0.474 e. The van der Waals surface area contributed by atoms with E-state index in [1.807, 2.05) is 13.0 Å². The van der Waals surface area contributed by atoms with E-state index in [9.17, 15) is 0 Å². The third kappa shape index (κ3) is 2.90. The third-order valence-electron chi connectivity index (χ3n) is 3.96. The number of hydrogen-bond acceptors (Lipinski definition) is 3. The smallest absolute Gasteiger partial charge is 0.213 e. The van der Waals surface area contributed by atoms with Gasteiger partial charge in [0.1, 0.15) is 6.10 Å². The first-order valence-corrected chi connectivity index (χ1v) is 6.45. The van der Waals surface area contributed by atoms with E-state index in [2.05, 4.69) is 18.8 Å². The lowest BCUT2D eigenvalue weighted by Gasteiger charge is -2.31. The molecular weight excluding hydrogens is 212 g/mol. The number of nitrogens with zero attached hydrogens (tertiary/aromatic N) is 1.